The highest BCUT2D eigenvalue weighted by molar-refractivity contribution is 5.82. The molecule has 0 aromatic heterocycles. The van der Waals surface area contributed by atoms with E-state index in [0.717, 1.165) is 36.2 Å². The third kappa shape index (κ3) is 3.64. The van der Waals surface area contributed by atoms with Crippen molar-refractivity contribution in [1.82, 2.24) is 9.80 Å². The first-order valence-corrected chi connectivity index (χ1v) is 15.1. The molecule has 9 atom stereocenters. The highest BCUT2D eigenvalue weighted by Gasteiger charge is 2.68. The number of hydrogen-bond acceptors (Lipinski definition) is 3. The molecular formula is C33H49N3O. The van der Waals surface area contributed by atoms with Crippen LogP contribution in [0.25, 0.3) is 0 Å². The molecule has 6 rings (SSSR count). The Labute approximate surface area is 225 Å². The van der Waals surface area contributed by atoms with Crippen molar-refractivity contribution in [2.24, 2.45) is 39.7 Å². The first kappa shape index (κ1) is 25.6. The summed E-state index contributed by atoms with van der Waals surface area (Å²) in [7, 11) is 4.37. The number of benzene rings is 1. The molecule has 1 aromatic carbocycles. The van der Waals surface area contributed by atoms with Crippen LogP contribution in [0.1, 0.15) is 77.7 Å². The summed E-state index contributed by atoms with van der Waals surface area (Å²) in [5, 5.41) is 0. The summed E-state index contributed by atoms with van der Waals surface area (Å²) in [6.45, 7) is 9.02. The lowest BCUT2D eigenvalue weighted by Crippen LogP contribution is -2.55. The maximum atomic E-state index is 13.3. The van der Waals surface area contributed by atoms with E-state index in [1.54, 1.807) is 5.57 Å². The lowest BCUT2D eigenvalue weighted by Gasteiger charge is -2.59. The highest BCUT2D eigenvalue weighted by atomic mass is 16.2. The van der Waals surface area contributed by atoms with Crippen LogP contribution in [0.15, 0.2) is 42.0 Å². The Hall–Kier alpha value is -1.65. The summed E-state index contributed by atoms with van der Waals surface area (Å²) >= 11 is 0. The lowest BCUT2D eigenvalue weighted by molar-refractivity contribution is -0.134. The van der Waals surface area contributed by atoms with Crippen molar-refractivity contribution in [3.8, 4) is 0 Å². The molecule has 1 amide bonds. The van der Waals surface area contributed by atoms with Crippen LogP contribution in [0.2, 0.25) is 0 Å². The van der Waals surface area contributed by atoms with Crippen LogP contribution >= 0.6 is 0 Å². The van der Waals surface area contributed by atoms with Crippen LogP contribution < -0.4 is 5.73 Å². The van der Waals surface area contributed by atoms with E-state index in [0.29, 0.717) is 28.7 Å². The number of hydrogen-bond donors (Lipinski definition) is 1. The minimum atomic E-state index is -0.469. The number of fused-ring (bicyclic) bond motifs is 4. The fraction of sp³-hybridized carbons (Fsp3) is 0.727. The molecule has 4 nitrogen and oxygen atoms in total. The Bertz CT molecular complexity index is 1070. The smallest absolute Gasteiger partial charge is 0.239 e. The summed E-state index contributed by atoms with van der Waals surface area (Å²) in [6, 6.07) is 10.7. The molecular weight excluding hydrogens is 454 g/mol. The van der Waals surface area contributed by atoms with Crippen LogP contribution in [-0.4, -0.2) is 54.5 Å². The quantitative estimate of drug-likeness (QED) is 0.539. The molecule has 1 aliphatic heterocycles. The molecule has 4 aliphatic carbocycles. The molecule has 1 heterocycles. The van der Waals surface area contributed by atoms with Crippen LogP contribution in [0.5, 0.6) is 0 Å². The van der Waals surface area contributed by atoms with E-state index in [1.165, 1.54) is 45.1 Å². The fourth-order valence-electron chi connectivity index (χ4n) is 10.6. The minimum Gasteiger partial charge on any atom is -0.341 e. The van der Waals surface area contributed by atoms with E-state index in [9.17, 15) is 4.79 Å². The van der Waals surface area contributed by atoms with Gasteiger partial charge in [-0.1, -0.05) is 55.8 Å². The second kappa shape index (κ2) is 8.95. The summed E-state index contributed by atoms with van der Waals surface area (Å²) in [5.41, 5.74) is 10.5. The lowest BCUT2D eigenvalue weighted by atomic mass is 9.45. The molecule has 1 aromatic rings. The molecule has 202 valence electrons. The largest absolute Gasteiger partial charge is 0.341 e. The van der Waals surface area contributed by atoms with Gasteiger partial charge in [-0.3, -0.25) is 4.79 Å². The number of nitrogens with zero attached hydrogens (tertiary/aromatic N) is 2. The van der Waals surface area contributed by atoms with Crippen LogP contribution in [0.3, 0.4) is 0 Å². The summed E-state index contributed by atoms with van der Waals surface area (Å²) in [5.74, 6) is 2.64. The number of amides is 1. The standard InChI is InChI=1S/C33H49N3O/c1-22-32(3)17-14-28-26-12-11-24-20-25(36(5)30(37)29(34)19-23-9-7-6-8-10-23)13-16-31(24,2)27(26)15-18-33(28,32)21-35(22)4/h6-11,22,25-29H,12-21,34H2,1-5H3/t22-,25-,26+,27?,28-,29+,31-,32+,33+/m0/s1. The maximum absolute atomic E-state index is 13.3. The van der Waals surface area contributed by atoms with E-state index in [4.69, 9.17) is 5.73 Å². The van der Waals surface area contributed by atoms with Crippen molar-refractivity contribution in [2.45, 2.75) is 96.7 Å². The monoisotopic (exact) mass is 503 g/mol. The van der Waals surface area contributed by atoms with Gasteiger partial charge in [0.05, 0.1) is 6.04 Å². The van der Waals surface area contributed by atoms with Crippen LogP contribution in [0, 0.1) is 34.0 Å². The van der Waals surface area contributed by atoms with E-state index in [1.807, 2.05) is 30.1 Å². The number of carbonyl (C=O) groups excluding carboxylic acids is 1. The molecule has 4 heteroatoms. The predicted octanol–water partition coefficient (Wildman–Crippen LogP) is 5.67. The zero-order valence-corrected chi connectivity index (χ0v) is 23.9. The van der Waals surface area contributed by atoms with Gasteiger partial charge in [-0.25, -0.2) is 0 Å². The number of likely N-dealkylation sites (N-methyl/N-ethyl adjacent to an activating group) is 1. The molecule has 1 spiro atoms. The normalized spacial score (nSPS) is 43.7. The van der Waals surface area contributed by atoms with Gasteiger partial charge in [-0.05, 0) is 111 Å². The van der Waals surface area contributed by atoms with Gasteiger partial charge in [0.15, 0.2) is 0 Å². The number of rotatable bonds is 4. The van der Waals surface area contributed by atoms with Crippen molar-refractivity contribution >= 4 is 5.91 Å². The van der Waals surface area contributed by atoms with Crippen molar-refractivity contribution in [2.75, 3.05) is 20.6 Å². The summed E-state index contributed by atoms with van der Waals surface area (Å²) in [4.78, 5) is 18.0. The second-order valence-electron chi connectivity index (χ2n) is 14.1. The van der Waals surface area contributed by atoms with Crippen molar-refractivity contribution in [3.63, 3.8) is 0 Å². The van der Waals surface area contributed by atoms with Gasteiger partial charge in [-0.15, -0.1) is 0 Å². The molecule has 3 saturated carbocycles. The van der Waals surface area contributed by atoms with Crippen molar-refractivity contribution in [1.29, 1.82) is 0 Å². The molecule has 2 N–H and O–H groups in total. The molecule has 1 saturated heterocycles. The number of allylic oxidation sites excluding steroid dienone is 1. The number of likely N-dealkylation sites (tertiary alicyclic amines) is 1. The SMILES string of the molecule is C[C@@H]1N(C)C[C@]23CCC4[C@@H](CC=C5C[C@@H](N(C)C(=O)[C@H](N)Cc6ccccc6)CC[C@@]54C)[C@@H]2CC[C@]13C. The van der Waals surface area contributed by atoms with Gasteiger partial charge in [0.2, 0.25) is 5.91 Å². The first-order valence-electron chi connectivity index (χ1n) is 15.1. The minimum absolute atomic E-state index is 0.0936. The molecule has 4 fully saturated rings. The van der Waals surface area contributed by atoms with E-state index >= 15 is 0 Å². The number of nitrogens with two attached hydrogens (primary N) is 1. The molecule has 0 bridgehead atoms. The first-order chi connectivity index (χ1) is 17.6. The van der Waals surface area contributed by atoms with Gasteiger partial charge in [-0.2, -0.15) is 0 Å². The van der Waals surface area contributed by atoms with Crippen LogP contribution in [0.4, 0.5) is 0 Å². The topological polar surface area (TPSA) is 49.6 Å². The maximum Gasteiger partial charge on any atom is 0.239 e. The summed E-state index contributed by atoms with van der Waals surface area (Å²) < 4.78 is 0. The van der Waals surface area contributed by atoms with Crippen molar-refractivity contribution < 1.29 is 4.79 Å². The Kier molecular flexibility index (Phi) is 6.19. The Morgan fingerprint density at radius 3 is 2.59 bits per heavy atom. The van der Waals surface area contributed by atoms with E-state index in [2.05, 4.69) is 50.9 Å². The van der Waals surface area contributed by atoms with Crippen LogP contribution in [-0.2, 0) is 11.2 Å². The highest BCUT2D eigenvalue weighted by Crippen LogP contribution is 2.72. The molecule has 5 aliphatic rings. The van der Waals surface area contributed by atoms with Gasteiger partial charge in [0.1, 0.15) is 0 Å². The average molecular weight is 504 g/mol. The van der Waals surface area contributed by atoms with Gasteiger partial charge in [0, 0.05) is 25.7 Å². The predicted molar refractivity (Wildman–Crippen MR) is 151 cm³/mol. The Morgan fingerprint density at radius 1 is 1.11 bits per heavy atom. The third-order valence-electron chi connectivity index (χ3n) is 13.0. The molecule has 1 unspecified atom stereocenters. The zero-order chi connectivity index (χ0) is 26.2. The van der Waals surface area contributed by atoms with Gasteiger partial charge in [0.25, 0.3) is 0 Å². The zero-order valence-electron chi connectivity index (χ0n) is 23.9. The summed E-state index contributed by atoms with van der Waals surface area (Å²) in [6.07, 6.45) is 13.5. The Balaban J connectivity index is 1.17. The molecule has 37 heavy (non-hydrogen) atoms. The average Bonchev–Trinajstić information content (AvgIpc) is 3.29. The van der Waals surface area contributed by atoms with E-state index < -0.39 is 6.04 Å². The second-order valence-corrected chi connectivity index (χ2v) is 14.1. The van der Waals surface area contributed by atoms with Gasteiger partial charge >= 0.3 is 0 Å². The van der Waals surface area contributed by atoms with E-state index in [-0.39, 0.29) is 11.9 Å². The van der Waals surface area contributed by atoms with Crippen molar-refractivity contribution in [3.05, 3.63) is 47.5 Å². The fourth-order valence-corrected chi connectivity index (χ4v) is 10.6. The Morgan fingerprint density at radius 2 is 1.84 bits per heavy atom. The number of carbonyl (C=O) groups is 1. The van der Waals surface area contributed by atoms with Gasteiger partial charge < -0.3 is 15.5 Å². The molecule has 0 radical (unpaired) electrons. The third-order valence-corrected chi connectivity index (χ3v) is 13.0.